The molecule has 8 nitrogen and oxygen atoms in total. The molecular formula is C12H13N5O3. The summed E-state index contributed by atoms with van der Waals surface area (Å²) in [5.74, 6) is 0.131. The first-order valence-electron chi connectivity index (χ1n) is 6.16. The van der Waals surface area contributed by atoms with E-state index >= 15 is 0 Å². The number of rotatable bonds is 2. The molecule has 0 radical (unpaired) electrons. The van der Waals surface area contributed by atoms with Crippen molar-refractivity contribution in [2.24, 2.45) is 0 Å². The summed E-state index contributed by atoms with van der Waals surface area (Å²) in [6, 6.07) is 5.49. The van der Waals surface area contributed by atoms with Crippen LogP contribution in [0.5, 0.6) is 0 Å². The second kappa shape index (κ2) is 4.33. The lowest BCUT2D eigenvalue weighted by atomic mass is 10.0. The highest BCUT2D eigenvalue weighted by Gasteiger charge is 2.41. The van der Waals surface area contributed by atoms with Crippen molar-refractivity contribution in [3.63, 3.8) is 0 Å². The Kier molecular flexibility index (Phi) is 2.74. The number of nitrogens with one attached hydrogen (secondary N) is 1. The maximum atomic E-state index is 11.4. The number of aliphatic hydroxyl groups is 1. The Morgan fingerprint density at radius 3 is 3.15 bits per heavy atom. The van der Waals surface area contributed by atoms with Gasteiger partial charge >= 0.3 is 5.69 Å². The van der Waals surface area contributed by atoms with Crippen LogP contribution in [-0.4, -0.2) is 31.9 Å². The number of nitrogens with two attached hydrogens (primary N) is 1. The number of hydrogen-bond donors (Lipinski definition) is 3. The first-order chi connectivity index (χ1) is 9.58. The van der Waals surface area contributed by atoms with Gasteiger partial charge in [0.1, 0.15) is 17.7 Å². The predicted molar refractivity (Wildman–Crippen MR) is 68.7 cm³/mol. The Bertz CT molecular complexity index is 759. The number of aromatic nitrogens is 3. The van der Waals surface area contributed by atoms with E-state index in [0.29, 0.717) is 24.1 Å². The van der Waals surface area contributed by atoms with Gasteiger partial charge in [-0.15, -0.1) is 0 Å². The summed E-state index contributed by atoms with van der Waals surface area (Å²) in [4.78, 5) is 15.0. The maximum Gasteiger partial charge on any atom is 0.362 e. The average Bonchev–Trinajstić information content (AvgIpc) is 3.02. The van der Waals surface area contributed by atoms with Crippen LogP contribution in [0, 0.1) is 11.3 Å². The molecule has 0 amide bonds. The van der Waals surface area contributed by atoms with Crippen LogP contribution in [0.2, 0.25) is 0 Å². The van der Waals surface area contributed by atoms with Crippen LogP contribution in [0.1, 0.15) is 24.6 Å². The van der Waals surface area contributed by atoms with Gasteiger partial charge in [-0.1, -0.05) is 0 Å². The molecule has 0 aliphatic carbocycles. The largest absolute Gasteiger partial charge is 0.392 e. The predicted octanol–water partition coefficient (Wildman–Crippen LogP) is -0.289. The van der Waals surface area contributed by atoms with Gasteiger partial charge in [0.15, 0.2) is 11.4 Å². The first kappa shape index (κ1) is 12.7. The van der Waals surface area contributed by atoms with Crippen molar-refractivity contribution in [2.75, 3.05) is 12.3 Å². The van der Waals surface area contributed by atoms with Gasteiger partial charge in [-0.05, 0) is 25.0 Å². The number of nitrogen functional groups attached to an aromatic ring is 1. The molecule has 1 fully saturated rings. The van der Waals surface area contributed by atoms with Gasteiger partial charge in [0, 0.05) is 0 Å². The van der Waals surface area contributed by atoms with Crippen molar-refractivity contribution < 1.29 is 9.84 Å². The van der Waals surface area contributed by atoms with Crippen molar-refractivity contribution >= 4 is 11.3 Å². The Labute approximate surface area is 113 Å². The van der Waals surface area contributed by atoms with Gasteiger partial charge in [0.05, 0.1) is 12.3 Å². The molecule has 2 atom stereocenters. The third kappa shape index (κ3) is 1.76. The minimum atomic E-state index is -1.17. The number of nitriles is 1. The molecule has 3 rings (SSSR count). The van der Waals surface area contributed by atoms with Gasteiger partial charge in [-0.25, -0.2) is 9.89 Å². The SMILES string of the molecule is N#CC1(CO)CCC(c2ccc3c(N)nc(=O)[nH]n23)O1. The minimum absolute atomic E-state index is 0.131. The van der Waals surface area contributed by atoms with Crippen molar-refractivity contribution in [3.8, 4) is 6.07 Å². The summed E-state index contributed by atoms with van der Waals surface area (Å²) in [6.07, 6.45) is 0.620. The summed E-state index contributed by atoms with van der Waals surface area (Å²) >= 11 is 0. The minimum Gasteiger partial charge on any atom is -0.392 e. The van der Waals surface area contributed by atoms with Crippen LogP contribution in [0.4, 0.5) is 5.82 Å². The Balaban J connectivity index is 2.05. The maximum absolute atomic E-state index is 11.4. The van der Waals surface area contributed by atoms with Gasteiger partial charge in [0.25, 0.3) is 0 Å². The number of aromatic amines is 1. The third-order valence-corrected chi connectivity index (χ3v) is 3.57. The number of H-pyrrole nitrogens is 1. The van der Waals surface area contributed by atoms with E-state index in [1.165, 1.54) is 4.52 Å². The molecule has 104 valence electrons. The molecule has 3 heterocycles. The number of ether oxygens (including phenoxy) is 1. The van der Waals surface area contributed by atoms with Crippen LogP contribution in [0.25, 0.3) is 5.52 Å². The van der Waals surface area contributed by atoms with Crippen molar-refractivity contribution in [3.05, 3.63) is 28.3 Å². The van der Waals surface area contributed by atoms with Crippen LogP contribution in [0.15, 0.2) is 16.9 Å². The summed E-state index contributed by atoms with van der Waals surface area (Å²) in [5.41, 5.74) is 5.21. The molecule has 2 unspecified atom stereocenters. The third-order valence-electron chi connectivity index (χ3n) is 3.57. The van der Waals surface area contributed by atoms with Gasteiger partial charge in [0.2, 0.25) is 0 Å². The molecule has 0 aromatic carbocycles. The van der Waals surface area contributed by atoms with Crippen molar-refractivity contribution in [1.82, 2.24) is 14.6 Å². The highest BCUT2D eigenvalue weighted by Crippen LogP contribution is 2.39. The molecule has 2 aromatic heterocycles. The zero-order valence-corrected chi connectivity index (χ0v) is 10.5. The lowest BCUT2D eigenvalue weighted by molar-refractivity contribution is -0.0386. The standard InChI is InChI=1S/C12H13N5O3/c13-5-12(6-18)4-3-9(20-12)7-1-2-8-10(14)15-11(19)16-17(7)8/h1-2,9,18H,3-4,6H2,(H3,14,15,16,19). The molecule has 2 aromatic rings. The fraction of sp³-hybridized carbons (Fsp3) is 0.417. The lowest BCUT2D eigenvalue weighted by Crippen LogP contribution is -2.30. The van der Waals surface area contributed by atoms with E-state index in [-0.39, 0.29) is 18.5 Å². The number of aliphatic hydroxyl groups excluding tert-OH is 1. The van der Waals surface area contributed by atoms with Crippen LogP contribution in [0.3, 0.4) is 0 Å². The Morgan fingerprint density at radius 2 is 2.50 bits per heavy atom. The number of anilines is 1. The Hall–Kier alpha value is -2.37. The topological polar surface area (TPSA) is 129 Å². The number of fused-ring (bicyclic) bond motifs is 1. The zero-order chi connectivity index (χ0) is 14.3. The summed E-state index contributed by atoms with van der Waals surface area (Å²) in [6.45, 7) is -0.358. The van der Waals surface area contributed by atoms with Gasteiger partial charge in [-0.2, -0.15) is 10.2 Å². The zero-order valence-electron chi connectivity index (χ0n) is 10.5. The van der Waals surface area contributed by atoms with Crippen molar-refractivity contribution in [1.29, 1.82) is 5.26 Å². The van der Waals surface area contributed by atoms with E-state index in [4.69, 9.17) is 15.7 Å². The van der Waals surface area contributed by atoms with Gasteiger partial charge in [-0.3, -0.25) is 4.52 Å². The van der Waals surface area contributed by atoms with Crippen molar-refractivity contribution in [2.45, 2.75) is 24.5 Å². The van der Waals surface area contributed by atoms with E-state index < -0.39 is 11.3 Å². The quantitative estimate of drug-likeness (QED) is 0.690. The molecular weight excluding hydrogens is 262 g/mol. The monoisotopic (exact) mass is 275 g/mol. The molecule has 1 saturated heterocycles. The summed E-state index contributed by atoms with van der Waals surface area (Å²) < 4.78 is 7.18. The molecule has 0 bridgehead atoms. The van der Waals surface area contributed by atoms with Crippen LogP contribution in [-0.2, 0) is 4.74 Å². The first-order valence-corrected chi connectivity index (χ1v) is 6.16. The fourth-order valence-electron chi connectivity index (χ4n) is 2.51. The van der Waals surface area contributed by atoms with Gasteiger partial charge < -0.3 is 15.6 Å². The van der Waals surface area contributed by atoms with E-state index in [1.807, 2.05) is 6.07 Å². The highest BCUT2D eigenvalue weighted by atomic mass is 16.5. The smallest absolute Gasteiger partial charge is 0.362 e. The molecule has 0 saturated carbocycles. The van der Waals surface area contributed by atoms with Crippen LogP contribution >= 0.6 is 0 Å². The number of hydrogen-bond acceptors (Lipinski definition) is 6. The highest BCUT2D eigenvalue weighted by molar-refractivity contribution is 5.65. The molecule has 4 N–H and O–H groups in total. The fourth-order valence-corrected chi connectivity index (χ4v) is 2.51. The molecule has 0 spiro atoms. The normalized spacial score (nSPS) is 25.9. The average molecular weight is 275 g/mol. The van der Waals surface area contributed by atoms with E-state index in [1.54, 1.807) is 12.1 Å². The van der Waals surface area contributed by atoms with Crippen LogP contribution < -0.4 is 11.4 Å². The molecule has 20 heavy (non-hydrogen) atoms. The lowest BCUT2D eigenvalue weighted by Gasteiger charge is -2.18. The van der Waals surface area contributed by atoms with E-state index in [9.17, 15) is 9.90 Å². The summed E-state index contributed by atoms with van der Waals surface area (Å²) in [7, 11) is 0. The summed E-state index contributed by atoms with van der Waals surface area (Å²) in [5, 5.41) is 21.0. The second-order valence-electron chi connectivity index (χ2n) is 4.80. The molecule has 1 aliphatic heterocycles. The van der Waals surface area contributed by atoms with E-state index in [2.05, 4.69) is 10.1 Å². The molecule has 1 aliphatic rings. The number of nitrogens with zero attached hydrogens (tertiary/aromatic N) is 3. The van der Waals surface area contributed by atoms with E-state index in [0.717, 1.165) is 0 Å². The Morgan fingerprint density at radius 1 is 1.70 bits per heavy atom. The second-order valence-corrected chi connectivity index (χ2v) is 4.80. The molecule has 8 heteroatoms.